The normalized spacial score (nSPS) is 10.8. The molecule has 0 atom stereocenters. The topological polar surface area (TPSA) is 29.9 Å². The van der Waals surface area contributed by atoms with Crippen LogP contribution in [0.25, 0.3) is 0 Å². The molecule has 0 radical (unpaired) electrons. The van der Waals surface area contributed by atoms with Crippen LogP contribution in [0.15, 0.2) is 12.3 Å². The fraction of sp³-hybridized carbons (Fsp3) is 0.750. The highest BCUT2D eigenvalue weighted by Crippen LogP contribution is 1.97. The van der Waals surface area contributed by atoms with Gasteiger partial charge in [-0.05, 0) is 25.5 Å². The van der Waals surface area contributed by atoms with Crippen molar-refractivity contribution in [3.63, 3.8) is 0 Å². The van der Waals surface area contributed by atoms with Crippen LogP contribution < -0.4 is 5.32 Å². The average molecular weight is 209 g/mol. The van der Waals surface area contributed by atoms with Crippen LogP contribution in [0.4, 0.5) is 0 Å². The van der Waals surface area contributed by atoms with E-state index < -0.39 is 0 Å². The van der Waals surface area contributed by atoms with Crippen molar-refractivity contribution < 1.29 is 0 Å². The van der Waals surface area contributed by atoms with E-state index in [-0.39, 0.29) is 0 Å². The summed E-state index contributed by atoms with van der Waals surface area (Å²) >= 11 is 0. The van der Waals surface area contributed by atoms with Crippen molar-refractivity contribution in [3.05, 3.63) is 18.0 Å². The third-order valence-electron chi connectivity index (χ3n) is 2.41. The minimum atomic E-state index is 0.903. The second kappa shape index (κ2) is 7.46. The number of unbranched alkanes of at least 4 members (excludes halogenated alkanes) is 2. The molecule has 0 saturated heterocycles. The van der Waals surface area contributed by atoms with E-state index in [2.05, 4.69) is 36.5 Å². The molecule has 3 heteroatoms. The third kappa shape index (κ3) is 4.98. The molecule has 86 valence electrons. The number of nitrogens with zero attached hydrogens (tertiary/aromatic N) is 2. The predicted octanol–water partition coefficient (Wildman–Crippen LogP) is 2.57. The van der Waals surface area contributed by atoms with E-state index >= 15 is 0 Å². The highest BCUT2D eigenvalue weighted by molar-refractivity contribution is 4.98. The maximum absolute atomic E-state index is 4.47. The molecule has 0 bridgehead atoms. The van der Waals surface area contributed by atoms with Gasteiger partial charge in [0.25, 0.3) is 0 Å². The van der Waals surface area contributed by atoms with E-state index in [1.54, 1.807) is 0 Å². The molecule has 0 fully saturated rings. The Morgan fingerprint density at radius 2 is 2.13 bits per heavy atom. The van der Waals surface area contributed by atoms with Crippen molar-refractivity contribution in [1.82, 2.24) is 15.1 Å². The van der Waals surface area contributed by atoms with E-state index in [9.17, 15) is 0 Å². The summed E-state index contributed by atoms with van der Waals surface area (Å²) < 4.78 is 2.02. The standard InChI is InChI=1S/C12H23N3/c1-3-5-6-8-13-11-12-7-10-15(14-12)9-4-2/h7,10,13H,3-6,8-9,11H2,1-2H3. The van der Waals surface area contributed by atoms with Gasteiger partial charge >= 0.3 is 0 Å². The number of hydrogen-bond acceptors (Lipinski definition) is 2. The SMILES string of the molecule is CCCCCNCc1ccn(CCC)n1. The molecule has 3 nitrogen and oxygen atoms in total. The summed E-state index contributed by atoms with van der Waals surface area (Å²) in [6.45, 7) is 7.43. The summed E-state index contributed by atoms with van der Waals surface area (Å²) in [5, 5.41) is 7.89. The lowest BCUT2D eigenvalue weighted by atomic mass is 10.2. The molecule has 1 N–H and O–H groups in total. The molecular formula is C12H23N3. The summed E-state index contributed by atoms with van der Waals surface area (Å²) in [5.74, 6) is 0. The van der Waals surface area contributed by atoms with Crippen LogP contribution >= 0.6 is 0 Å². The smallest absolute Gasteiger partial charge is 0.0762 e. The van der Waals surface area contributed by atoms with Gasteiger partial charge in [-0.2, -0.15) is 5.10 Å². The van der Waals surface area contributed by atoms with Crippen molar-refractivity contribution in [1.29, 1.82) is 0 Å². The van der Waals surface area contributed by atoms with Gasteiger partial charge in [-0.3, -0.25) is 4.68 Å². The Morgan fingerprint density at radius 3 is 2.87 bits per heavy atom. The van der Waals surface area contributed by atoms with Gasteiger partial charge in [-0.15, -0.1) is 0 Å². The van der Waals surface area contributed by atoms with Gasteiger partial charge in [-0.1, -0.05) is 26.7 Å². The minimum absolute atomic E-state index is 0.903. The minimum Gasteiger partial charge on any atom is -0.311 e. The Kier molecular flexibility index (Phi) is 6.09. The zero-order chi connectivity index (χ0) is 10.9. The van der Waals surface area contributed by atoms with Crippen LogP contribution in [0.1, 0.15) is 45.2 Å². The van der Waals surface area contributed by atoms with Crippen molar-refractivity contribution >= 4 is 0 Å². The summed E-state index contributed by atoms with van der Waals surface area (Å²) in [6.07, 6.45) is 7.08. The van der Waals surface area contributed by atoms with E-state index in [1.165, 1.54) is 19.3 Å². The van der Waals surface area contributed by atoms with Gasteiger partial charge in [0.2, 0.25) is 0 Å². The number of nitrogens with one attached hydrogen (secondary N) is 1. The predicted molar refractivity (Wildman–Crippen MR) is 63.7 cm³/mol. The van der Waals surface area contributed by atoms with Crippen LogP contribution in [0.5, 0.6) is 0 Å². The van der Waals surface area contributed by atoms with Crippen LogP contribution in [-0.2, 0) is 13.1 Å². The molecular weight excluding hydrogens is 186 g/mol. The average Bonchev–Trinajstić information content (AvgIpc) is 2.66. The van der Waals surface area contributed by atoms with Gasteiger partial charge in [0.15, 0.2) is 0 Å². The lowest BCUT2D eigenvalue weighted by molar-refractivity contribution is 0.573. The molecule has 1 rings (SSSR count). The maximum Gasteiger partial charge on any atom is 0.0762 e. The van der Waals surface area contributed by atoms with Gasteiger partial charge in [0, 0.05) is 19.3 Å². The fourth-order valence-electron chi connectivity index (χ4n) is 1.57. The fourth-order valence-corrected chi connectivity index (χ4v) is 1.57. The Labute approximate surface area is 92.9 Å². The van der Waals surface area contributed by atoms with Crippen molar-refractivity contribution in [2.45, 2.75) is 52.6 Å². The van der Waals surface area contributed by atoms with Gasteiger partial charge < -0.3 is 5.32 Å². The Morgan fingerprint density at radius 1 is 1.27 bits per heavy atom. The molecule has 15 heavy (non-hydrogen) atoms. The van der Waals surface area contributed by atoms with Gasteiger partial charge in [0.1, 0.15) is 0 Å². The second-order valence-corrected chi connectivity index (χ2v) is 3.95. The first-order valence-electron chi connectivity index (χ1n) is 6.09. The first-order chi connectivity index (χ1) is 7.36. The quantitative estimate of drug-likeness (QED) is 0.667. The monoisotopic (exact) mass is 209 g/mol. The lowest BCUT2D eigenvalue weighted by Gasteiger charge is -2.01. The van der Waals surface area contributed by atoms with Gasteiger partial charge in [-0.25, -0.2) is 0 Å². The van der Waals surface area contributed by atoms with Crippen LogP contribution in [0.2, 0.25) is 0 Å². The zero-order valence-corrected chi connectivity index (χ0v) is 10.00. The van der Waals surface area contributed by atoms with E-state index in [4.69, 9.17) is 0 Å². The van der Waals surface area contributed by atoms with Crippen LogP contribution in [0, 0.1) is 0 Å². The Hall–Kier alpha value is -0.830. The highest BCUT2D eigenvalue weighted by atomic mass is 15.3. The number of hydrogen-bond donors (Lipinski definition) is 1. The lowest BCUT2D eigenvalue weighted by Crippen LogP contribution is -2.15. The Balaban J connectivity index is 2.14. The third-order valence-corrected chi connectivity index (χ3v) is 2.41. The van der Waals surface area contributed by atoms with Crippen LogP contribution in [-0.4, -0.2) is 16.3 Å². The molecule has 0 aromatic carbocycles. The molecule has 0 aliphatic rings. The summed E-state index contributed by atoms with van der Waals surface area (Å²) in [7, 11) is 0. The maximum atomic E-state index is 4.47. The molecule has 0 unspecified atom stereocenters. The first kappa shape index (κ1) is 12.2. The van der Waals surface area contributed by atoms with Gasteiger partial charge in [0.05, 0.1) is 5.69 Å². The summed E-state index contributed by atoms with van der Waals surface area (Å²) in [5.41, 5.74) is 1.15. The van der Waals surface area contributed by atoms with E-state index in [0.717, 1.165) is 31.7 Å². The highest BCUT2D eigenvalue weighted by Gasteiger charge is 1.97. The first-order valence-corrected chi connectivity index (χ1v) is 6.09. The van der Waals surface area contributed by atoms with Crippen molar-refractivity contribution in [3.8, 4) is 0 Å². The van der Waals surface area contributed by atoms with Crippen molar-refractivity contribution in [2.24, 2.45) is 0 Å². The number of aromatic nitrogens is 2. The molecule has 0 saturated carbocycles. The van der Waals surface area contributed by atoms with E-state index in [0.29, 0.717) is 0 Å². The summed E-state index contributed by atoms with van der Waals surface area (Å²) in [6, 6.07) is 2.10. The molecule has 0 amide bonds. The molecule has 1 aromatic heterocycles. The van der Waals surface area contributed by atoms with Crippen molar-refractivity contribution in [2.75, 3.05) is 6.54 Å². The molecule has 0 aliphatic carbocycles. The second-order valence-electron chi connectivity index (χ2n) is 3.95. The molecule has 1 heterocycles. The Bertz CT molecular complexity index is 255. The van der Waals surface area contributed by atoms with Crippen LogP contribution in [0.3, 0.4) is 0 Å². The largest absolute Gasteiger partial charge is 0.311 e. The number of aryl methyl sites for hydroxylation is 1. The molecule has 0 aliphatic heterocycles. The molecule has 0 spiro atoms. The van der Waals surface area contributed by atoms with E-state index in [1.807, 2.05) is 4.68 Å². The number of rotatable bonds is 8. The molecule has 1 aromatic rings. The summed E-state index contributed by atoms with van der Waals surface area (Å²) in [4.78, 5) is 0. The zero-order valence-electron chi connectivity index (χ0n) is 10.00.